The molecule has 0 radical (unpaired) electrons. The van der Waals surface area contributed by atoms with Gasteiger partial charge in [0.15, 0.2) is 0 Å². The van der Waals surface area contributed by atoms with E-state index in [0.717, 1.165) is 12.0 Å². The molecule has 1 N–H and O–H groups in total. The van der Waals surface area contributed by atoms with Crippen LogP contribution in [0, 0.1) is 23.2 Å². The Bertz CT molecular complexity index is 1330. The maximum atomic E-state index is 15.0. The van der Waals surface area contributed by atoms with Crippen LogP contribution in [0.1, 0.15) is 73.8 Å². The van der Waals surface area contributed by atoms with Crippen LogP contribution >= 0.6 is 0 Å². The minimum absolute atomic E-state index is 0.0421. The van der Waals surface area contributed by atoms with Crippen LogP contribution in [0.3, 0.4) is 0 Å². The number of hydrogen-bond donors (Lipinski definition) is 1. The largest absolute Gasteiger partial charge is 0.394 e. The van der Waals surface area contributed by atoms with Crippen molar-refractivity contribution in [3.8, 4) is 0 Å². The van der Waals surface area contributed by atoms with Crippen LogP contribution in [-0.2, 0) is 25.7 Å². The van der Waals surface area contributed by atoms with Gasteiger partial charge in [-0.25, -0.2) is 0 Å². The summed E-state index contributed by atoms with van der Waals surface area (Å²) in [6, 6.07) is 8.24. The Labute approximate surface area is 263 Å². The van der Waals surface area contributed by atoms with Crippen LogP contribution in [0.15, 0.2) is 54.6 Å². The molecule has 1 aromatic rings. The average molecular weight is 606 g/mol. The van der Waals surface area contributed by atoms with Crippen LogP contribution in [-0.4, -0.2) is 86.0 Å². The van der Waals surface area contributed by atoms with Crippen molar-refractivity contribution in [1.82, 2.24) is 14.7 Å². The van der Waals surface area contributed by atoms with Crippen molar-refractivity contribution in [1.29, 1.82) is 0 Å². The number of rotatable bonds is 8. The summed E-state index contributed by atoms with van der Waals surface area (Å²) >= 11 is 0. The van der Waals surface area contributed by atoms with E-state index in [2.05, 4.69) is 34.6 Å². The predicted molar refractivity (Wildman–Crippen MR) is 170 cm³/mol. The normalized spacial score (nSPS) is 31.3. The number of ether oxygens (including phenoxy) is 1. The van der Waals surface area contributed by atoms with Crippen LogP contribution in [0.25, 0.3) is 0 Å². The van der Waals surface area contributed by atoms with Crippen molar-refractivity contribution in [2.45, 2.75) is 104 Å². The Balaban J connectivity index is 1.65. The fourth-order valence-corrected chi connectivity index (χ4v) is 8.61. The highest BCUT2D eigenvalue weighted by Gasteiger charge is 2.76. The summed E-state index contributed by atoms with van der Waals surface area (Å²) in [5, 5.41) is 10.6. The van der Waals surface area contributed by atoms with Gasteiger partial charge in [-0.05, 0) is 43.6 Å². The van der Waals surface area contributed by atoms with Crippen molar-refractivity contribution < 1.29 is 24.2 Å². The monoisotopic (exact) mass is 605 g/mol. The van der Waals surface area contributed by atoms with Crippen molar-refractivity contribution in [3.63, 3.8) is 0 Å². The number of fused-ring (bicyclic) bond motifs is 2. The Morgan fingerprint density at radius 2 is 1.59 bits per heavy atom. The van der Waals surface area contributed by atoms with Gasteiger partial charge in [0, 0.05) is 25.2 Å². The van der Waals surface area contributed by atoms with Gasteiger partial charge in [-0.3, -0.25) is 14.4 Å². The molecule has 240 valence electrons. The van der Waals surface area contributed by atoms with Crippen molar-refractivity contribution in [2.24, 2.45) is 23.2 Å². The molecule has 0 saturated carbocycles. The SMILES string of the molecule is CC[C@@]12C=CCN(Cc3ccccc3)C(=O)[C@@H]1[C@H]1C(=O)N([C@@H](CO)C(C)C)C3C(=O)N(C(C)(C)CC(C)(C)C)CC=C[C@@]31O2. The van der Waals surface area contributed by atoms with Crippen LogP contribution in [0.2, 0.25) is 0 Å². The number of aliphatic hydroxyl groups is 1. The predicted octanol–water partition coefficient (Wildman–Crippen LogP) is 4.58. The maximum absolute atomic E-state index is 15.0. The maximum Gasteiger partial charge on any atom is 0.249 e. The van der Waals surface area contributed by atoms with E-state index in [1.54, 1.807) is 9.80 Å². The lowest BCUT2D eigenvalue weighted by atomic mass is 9.72. The number of amides is 3. The zero-order valence-corrected chi connectivity index (χ0v) is 27.7. The lowest BCUT2D eigenvalue weighted by Crippen LogP contribution is -2.62. The van der Waals surface area contributed by atoms with E-state index < -0.39 is 40.7 Å². The van der Waals surface area contributed by atoms with Crippen molar-refractivity contribution >= 4 is 17.7 Å². The first-order valence-electron chi connectivity index (χ1n) is 16.3. The number of carbonyl (C=O) groups excluding carboxylic acids is 3. The number of hydrogen-bond acceptors (Lipinski definition) is 5. The number of carbonyl (C=O) groups is 3. The summed E-state index contributed by atoms with van der Waals surface area (Å²) in [6.45, 7) is 17.4. The van der Waals surface area contributed by atoms with Crippen molar-refractivity contribution in [2.75, 3.05) is 19.7 Å². The Hall–Kier alpha value is -2.97. The smallest absolute Gasteiger partial charge is 0.249 e. The van der Waals surface area contributed by atoms with E-state index in [4.69, 9.17) is 4.74 Å². The molecule has 0 aromatic heterocycles. The molecular formula is C36H51N3O5. The Kier molecular flexibility index (Phi) is 8.43. The Morgan fingerprint density at radius 3 is 2.18 bits per heavy atom. The molecule has 6 atom stereocenters. The van der Waals surface area contributed by atoms with Gasteiger partial charge in [-0.1, -0.05) is 96.2 Å². The van der Waals surface area contributed by atoms with Gasteiger partial charge in [-0.2, -0.15) is 0 Å². The molecule has 0 aliphatic carbocycles. The van der Waals surface area contributed by atoms with Gasteiger partial charge >= 0.3 is 0 Å². The summed E-state index contributed by atoms with van der Waals surface area (Å²) in [4.78, 5) is 49.8. The molecule has 1 aromatic carbocycles. The molecule has 8 heteroatoms. The molecule has 2 saturated heterocycles. The third-order valence-electron chi connectivity index (χ3n) is 10.2. The molecule has 4 aliphatic heterocycles. The van der Waals surface area contributed by atoms with Gasteiger partial charge < -0.3 is 24.5 Å². The first-order valence-corrected chi connectivity index (χ1v) is 16.3. The lowest BCUT2D eigenvalue weighted by molar-refractivity contribution is -0.161. The molecule has 44 heavy (non-hydrogen) atoms. The summed E-state index contributed by atoms with van der Waals surface area (Å²) in [7, 11) is 0. The van der Waals surface area contributed by atoms with E-state index >= 15 is 0 Å². The van der Waals surface area contributed by atoms with Crippen LogP contribution in [0.5, 0.6) is 0 Å². The topological polar surface area (TPSA) is 90.4 Å². The molecular weight excluding hydrogens is 554 g/mol. The second-order valence-corrected chi connectivity index (χ2v) is 15.4. The van der Waals surface area contributed by atoms with Gasteiger partial charge in [0.25, 0.3) is 0 Å². The average Bonchev–Trinajstić information content (AvgIpc) is 3.22. The van der Waals surface area contributed by atoms with Gasteiger partial charge in [0.2, 0.25) is 17.7 Å². The minimum atomic E-state index is -1.35. The molecule has 0 bridgehead atoms. The number of nitrogens with zero attached hydrogens (tertiary/aromatic N) is 3. The molecule has 1 spiro atoms. The third-order valence-corrected chi connectivity index (χ3v) is 10.2. The number of benzene rings is 1. The minimum Gasteiger partial charge on any atom is -0.394 e. The van der Waals surface area contributed by atoms with Gasteiger partial charge in [0.1, 0.15) is 11.6 Å². The molecule has 4 heterocycles. The van der Waals surface area contributed by atoms with Crippen LogP contribution in [0.4, 0.5) is 0 Å². The molecule has 8 nitrogen and oxygen atoms in total. The first kappa shape index (κ1) is 32.4. The van der Waals surface area contributed by atoms with Crippen LogP contribution < -0.4 is 0 Å². The Morgan fingerprint density at radius 1 is 0.932 bits per heavy atom. The summed E-state index contributed by atoms with van der Waals surface area (Å²) in [5.41, 5.74) is -1.94. The zero-order chi connectivity index (χ0) is 32.2. The molecule has 5 rings (SSSR count). The third kappa shape index (κ3) is 5.22. The first-order chi connectivity index (χ1) is 20.6. The second-order valence-electron chi connectivity index (χ2n) is 15.4. The highest BCUT2D eigenvalue weighted by atomic mass is 16.5. The number of likely N-dealkylation sites (tertiary alicyclic amines) is 1. The molecule has 4 aliphatic rings. The molecule has 2 fully saturated rings. The highest BCUT2D eigenvalue weighted by molar-refractivity contribution is 6.00. The quantitative estimate of drug-likeness (QED) is 0.439. The zero-order valence-electron chi connectivity index (χ0n) is 27.7. The van der Waals surface area contributed by atoms with E-state index in [1.807, 2.05) is 80.3 Å². The summed E-state index contributed by atoms with van der Waals surface area (Å²) < 4.78 is 7.14. The van der Waals surface area contributed by atoms with Gasteiger partial charge in [-0.15, -0.1) is 0 Å². The molecule has 1 unspecified atom stereocenters. The fourth-order valence-electron chi connectivity index (χ4n) is 8.61. The lowest BCUT2D eigenvalue weighted by Gasteiger charge is -2.46. The molecule has 3 amide bonds. The summed E-state index contributed by atoms with van der Waals surface area (Å²) in [6.07, 6.45) is 9.05. The van der Waals surface area contributed by atoms with E-state index in [0.29, 0.717) is 26.1 Å². The van der Waals surface area contributed by atoms with E-state index in [9.17, 15) is 19.5 Å². The standard InChI is InChI=1S/C36H51N3O5/c1-9-35-17-13-19-37(21-25-15-11-10-12-16-25)30(41)27(35)28-31(42)39(26(22-40)24(2)3)29-32(43)38(20-14-18-36(28,29)44-35)34(7,8)23-33(4,5)6/h10-18,24,26-29,40H,9,19-23H2,1-8H3/t26-,27-,28-,29?,35+,36-/m0/s1. The second kappa shape index (κ2) is 11.4. The highest BCUT2D eigenvalue weighted by Crippen LogP contribution is 2.59. The van der Waals surface area contributed by atoms with E-state index in [1.165, 1.54) is 0 Å². The van der Waals surface area contributed by atoms with E-state index in [-0.39, 0.29) is 35.7 Å². The number of aliphatic hydroxyl groups excluding tert-OH is 1. The van der Waals surface area contributed by atoms with Crippen molar-refractivity contribution in [3.05, 3.63) is 60.2 Å². The summed E-state index contributed by atoms with van der Waals surface area (Å²) in [5.74, 6) is -2.46. The fraction of sp³-hybridized carbons (Fsp3) is 0.639. The van der Waals surface area contributed by atoms with Gasteiger partial charge in [0.05, 0.1) is 30.1 Å².